The molecule has 0 N–H and O–H groups in total. The number of benzene rings is 1. The van der Waals surface area contributed by atoms with Gasteiger partial charge in [0.1, 0.15) is 5.75 Å². The molecule has 0 aliphatic rings. The molecule has 0 radical (unpaired) electrons. The Balaban J connectivity index is 2.70. The third-order valence-electron chi connectivity index (χ3n) is 1.91. The molecule has 1 unspecified atom stereocenters. The van der Waals surface area contributed by atoms with Crippen LogP contribution in [-0.4, -0.2) is 19.2 Å². The standard InChI is InChI=1S/C11H13IO3/c1-3-10(11(13)14-2)15-9-6-4-5-8(12)7-9/h4-7,10H,3H2,1-2H3. The minimum absolute atomic E-state index is 0.337. The molecule has 0 spiro atoms. The Labute approximate surface area is 103 Å². The van der Waals surface area contributed by atoms with Gasteiger partial charge in [-0.15, -0.1) is 0 Å². The maximum atomic E-state index is 11.3. The minimum atomic E-state index is -0.520. The van der Waals surface area contributed by atoms with Crippen LogP contribution in [0.3, 0.4) is 0 Å². The van der Waals surface area contributed by atoms with Crippen LogP contribution in [0.4, 0.5) is 0 Å². The van der Waals surface area contributed by atoms with Crippen LogP contribution >= 0.6 is 22.6 Å². The van der Waals surface area contributed by atoms with E-state index in [1.807, 2.05) is 31.2 Å². The Kier molecular flexibility index (Phi) is 4.87. The van der Waals surface area contributed by atoms with Crippen molar-refractivity contribution in [2.24, 2.45) is 0 Å². The summed E-state index contributed by atoms with van der Waals surface area (Å²) >= 11 is 2.19. The lowest BCUT2D eigenvalue weighted by Gasteiger charge is -2.15. The molecular weight excluding hydrogens is 307 g/mol. The van der Waals surface area contributed by atoms with E-state index in [-0.39, 0.29) is 5.97 Å². The molecule has 0 aliphatic heterocycles. The first-order valence-electron chi connectivity index (χ1n) is 4.67. The van der Waals surface area contributed by atoms with E-state index in [1.165, 1.54) is 7.11 Å². The van der Waals surface area contributed by atoms with Gasteiger partial charge in [-0.2, -0.15) is 0 Å². The number of esters is 1. The summed E-state index contributed by atoms with van der Waals surface area (Å²) in [4.78, 5) is 11.3. The summed E-state index contributed by atoms with van der Waals surface area (Å²) in [6.45, 7) is 1.88. The summed E-state index contributed by atoms with van der Waals surface area (Å²) in [5.74, 6) is 0.357. The van der Waals surface area contributed by atoms with Gasteiger partial charge in [-0.25, -0.2) is 4.79 Å². The number of rotatable bonds is 4. The van der Waals surface area contributed by atoms with Crippen LogP contribution in [0.5, 0.6) is 5.75 Å². The van der Waals surface area contributed by atoms with Gasteiger partial charge in [0.15, 0.2) is 6.10 Å². The largest absolute Gasteiger partial charge is 0.479 e. The van der Waals surface area contributed by atoms with Crippen molar-refractivity contribution in [2.45, 2.75) is 19.4 Å². The third-order valence-corrected chi connectivity index (χ3v) is 2.58. The molecule has 1 rings (SSSR count). The second kappa shape index (κ2) is 5.95. The Hall–Kier alpha value is -0.780. The van der Waals surface area contributed by atoms with Gasteiger partial charge in [-0.1, -0.05) is 13.0 Å². The summed E-state index contributed by atoms with van der Waals surface area (Å²) in [5.41, 5.74) is 0. The number of hydrogen-bond acceptors (Lipinski definition) is 3. The molecule has 0 saturated carbocycles. The lowest BCUT2D eigenvalue weighted by molar-refractivity contribution is -0.148. The molecule has 0 aliphatic carbocycles. The molecular formula is C11H13IO3. The topological polar surface area (TPSA) is 35.5 Å². The van der Waals surface area contributed by atoms with Gasteiger partial charge in [0, 0.05) is 3.57 Å². The molecule has 1 atom stereocenters. The van der Waals surface area contributed by atoms with Gasteiger partial charge in [-0.05, 0) is 47.2 Å². The van der Waals surface area contributed by atoms with Crippen molar-refractivity contribution >= 4 is 28.6 Å². The average Bonchev–Trinajstić information content (AvgIpc) is 2.25. The number of halogens is 1. The van der Waals surface area contributed by atoms with Crippen LogP contribution < -0.4 is 4.74 Å². The Morgan fingerprint density at radius 2 is 2.27 bits per heavy atom. The van der Waals surface area contributed by atoms with Crippen molar-refractivity contribution < 1.29 is 14.3 Å². The third kappa shape index (κ3) is 3.70. The van der Waals surface area contributed by atoms with Crippen molar-refractivity contribution in [3.05, 3.63) is 27.8 Å². The molecule has 15 heavy (non-hydrogen) atoms. The number of hydrogen-bond donors (Lipinski definition) is 0. The van der Waals surface area contributed by atoms with Crippen LogP contribution in [0.2, 0.25) is 0 Å². The molecule has 1 aromatic rings. The zero-order valence-corrected chi connectivity index (χ0v) is 10.9. The van der Waals surface area contributed by atoms with Gasteiger partial charge >= 0.3 is 5.97 Å². The summed E-state index contributed by atoms with van der Waals surface area (Å²) in [7, 11) is 1.36. The molecule has 4 heteroatoms. The van der Waals surface area contributed by atoms with Gasteiger partial charge in [0.2, 0.25) is 0 Å². The van der Waals surface area contributed by atoms with Gasteiger partial charge in [0.05, 0.1) is 7.11 Å². The normalized spacial score (nSPS) is 11.9. The van der Waals surface area contributed by atoms with Gasteiger partial charge in [-0.3, -0.25) is 0 Å². The number of carbonyl (C=O) groups excluding carboxylic acids is 1. The first-order valence-corrected chi connectivity index (χ1v) is 5.75. The van der Waals surface area contributed by atoms with E-state index >= 15 is 0 Å². The van der Waals surface area contributed by atoms with E-state index in [0.717, 1.165) is 3.57 Å². The lowest BCUT2D eigenvalue weighted by Crippen LogP contribution is -2.27. The first-order chi connectivity index (χ1) is 7.17. The van der Waals surface area contributed by atoms with Crippen molar-refractivity contribution in [3.8, 4) is 5.75 Å². The quantitative estimate of drug-likeness (QED) is 0.632. The Bertz CT molecular complexity index is 338. The van der Waals surface area contributed by atoms with E-state index in [4.69, 9.17) is 4.74 Å². The van der Waals surface area contributed by atoms with Gasteiger partial charge < -0.3 is 9.47 Å². The van der Waals surface area contributed by atoms with Crippen LogP contribution in [0.25, 0.3) is 0 Å². The zero-order chi connectivity index (χ0) is 11.3. The van der Waals surface area contributed by atoms with Crippen LogP contribution in [0, 0.1) is 3.57 Å². The monoisotopic (exact) mass is 320 g/mol. The molecule has 0 saturated heterocycles. The highest BCUT2D eigenvalue weighted by Gasteiger charge is 2.18. The molecule has 0 heterocycles. The highest BCUT2D eigenvalue weighted by Crippen LogP contribution is 2.17. The molecule has 0 amide bonds. The predicted octanol–water partition coefficient (Wildman–Crippen LogP) is 2.62. The Morgan fingerprint density at radius 1 is 1.53 bits per heavy atom. The summed E-state index contributed by atoms with van der Waals surface area (Å²) in [6, 6.07) is 7.56. The number of carbonyl (C=O) groups is 1. The fourth-order valence-corrected chi connectivity index (χ4v) is 1.65. The zero-order valence-electron chi connectivity index (χ0n) is 8.70. The average molecular weight is 320 g/mol. The highest BCUT2D eigenvalue weighted by molar-refractivity contribution is 14.1. The SMILES string of the molecule is CCC(Oc1cccc(I)c1)C(=O)OC. The fraction of sp³-hybridized carbons (Fsp3) is 0.364. The van der Waals surface area contributed by atoms with E-state index in [2.05, 4.69) is 27.3 Å². The number of methoxy groups -OCH3 is 1. The van der Waals surface area contributed by atoms with Crippen molar-refractivity contribution in [1.29, 1.82) is 0 Å². The number of ether oxygens (including phenoxy) is 2. The van der Waals surface area contributed by atoms with Crippen molar-refractivity contribution in [2.75, 3.05) is 7.11 Å². The van der Waals surface area contributed by atoms with Crippen LogP contribution in [0.1, 0.15) is 13.3 Å². The second-order valence-electron chi connectivity index (χ2n) is 3.00. The molecule has 0 aromatic heterocycles. The van der Waals surface area contributed by atoms with Crippen LogP contribution in [-0.2, 0) is 9.53 Å². The molecule has 0 fully saturated rings. The van der Waals surface area contributed by atoms with E-state index in [1.54, 1.807) is 0 Å². The highest BCUT2D eigenvalue weighted by atomic mass is 127. The molecule has 1 aromatic carbocycles. The predicted molar refractivity (Wildman–Crippen MR) is 65.9 cm³/mol. The smallest absolute Gasteiger partial charge is 0.347 e. The van der Waals surface area contributed by atoms with Crippen molar-refractivity contribution in [1.82, 2.24) is 0 Å². The van der Waals surface area contributed by atoms with E-state index in [0.29, 0.717) is 12.2 Å². The summed E-state index contributed by atoms with van der Waals surface area (Å²) in [6.07, 6.45) is 0.0752. The first kappa shape index (κ1) is 12.3. The van der Waals surface area contributed by atoms with E-state index < -0.39 is 6.10 Å². The molecule has 0 bridgehead atoms. The summed E-state index contributed by atoms with van der Waals surface area (Å²) < 4.78 is 11.2. The molecule has 82 valence electrons. The summed E-state index contributed by atoms with van der Waals surface area (Å²) in [5, 5.41) is 0. The molecule has 3 nitrogen and oxygen atoms in total. The maximum absolute atomic E-state index is 11.3. The minimum Gasteiger partial charge on any atom is -0.479 e. The second-order valence-corrected chi connectivity index (χ2v) is 4.24. The van der Waals surface area contributed by atoms with Crippen molar-refractivity contribution in [3.63, 3.8) is 0 Å². The van der Waals surface area contributed by atoms with E-state index in [9.17, 15) is 4.79 Å². The van der Waals surface area contributed by atoms with Crippen LogP contribution in [0.15, 0.2) is 24.3 Å². The fourth-order valence-electron chi connectivity index (χ4n) is 1.13. The van der Waals surface area contributed by atoms with Gasteiger partial charge in [0.25, 0.3) is 0 Å². The maximum Gasteiger partial charge on any atom is 0.347 e. The lowest BCUT2D eigenvalue weighted by atomic mass is 10.2. The Morgan fingerprint density at radius 3 is 2.80 bits per heavy atom.